The molecule has 0 aromatic carbocycles. The maximum Gasteiger partial charge on any atom is 0.261 e. The molecule has 0 radical (unpaired) electrons. The van der Waals surface area contributed by atoms with Crippen LogP contribution in [0.2, 0.25) is 0 Å². The Kier molecular flexibility index (Phi) is 9.43. The van der Waals surface area contributed by atoms with Crippen molar-refractivity contribution in [3.63, 3.8) is 0 Å². The van der Waals surface area contributed by atoms with Crippen LogP contribution in [0, 0.1) is 0 Å². The van der Waals surface area contributed by atoms with Gasteiger partial charge in [-0.15, -0.1) is 0 Å². The number of rotatable bonds is 6. The highest BCUT2D eigenvalue weighted by Gasteiger charge is 1.99. The number of aromatic nitrogens is 1. The van der Waals surface area contributed by atoms with Gasteiger partial charge in [0, 0.05) is 18.6 Å². The molecule has 0 aliphatic rings. The molecular formula is C14H26NO3S+. The van der Waals surface area contributed by atoms with Crippen LogP contribution in [0.5, 0.6) is 0 Å². The summed E-state index contributed by atoms with van der Waals surface area (Å²) in [7, 11) is -3.67. The smallest absolute Gasteiger partial charge is 0.261 e. The predicted octanol–water partition coefficient (Wildman–Crippen LogP) is 2.62. The van der Waals surface area contributed by atoms with Gasteiger partial charge in [0.25, 0.3) is 10.1 Å². The molecule has 0 spiro atoms. The third kappa shape index (κ3) is 13.3. The SMILES string of the molecule is CCCCc1cc[n+](CCCC)cc1.CS(=O)(=O)O. The zero-order chi connectivity index (χ0) is 14.7. The van der Waals surface area contributed by atoms with Crippen LogP contribution >= 0.6 is 0 Å². The fourth-order valence-electron chi connectivity index (χ4n) is 1.53. The molecule has 1 rings (SSSR count). The Labute approximate surface area is 117 Å². The lowest BCUT2D eigenvalue weighted by molar-refractivity contribution is -0.697. The van der Waals surface area contributed by atoms with Gasteiger partial charge >= 0.3 is 0 Å². The second-order valence-electron chi connectivity index (χ2n) is 4.63. The highest BCUT2D eigenvalue weighted by atomic mass is 32.2. The predicted molar refractivity (Wildman–Crippen MR) is 77.6 cm³/mol. The first-order valence-electron chi connectivity index (χ1n) is 6.77. The molecule has 1 aromatic rings. The van der Waals surface area contributed by atoms with Crippen LogP contribution in [0.15, 0.2) is 24.5 Å². The van der Waals surface area contributed by atoms with Crippen molar-refractivity contribution in [1.82, 2.24) is 0 Å². The van der Waals surface area contributed by atoms with E-state index in [4.69, 9.17) is 4.55 Å². The Morgan fingerprint density at radius 1 is 1.11 bits per heavy atom. The lowest BCUT2D eigenvalue weighted by Crippen LogP contribution is -2.32. The Balaban J connectivity index is 0.000000555. The Morgan fingerprint density at radius 3 is 2.00 bits per heavy atom. The minimum absolute atomic E-state index is 0.715. The van der Waals surface area contributed by atoms with E-state index >= 15 is 0 Å². The van der Waals surface area contributed by atoms with Gasteiger partial charge in [0.05, 0.1) is 6.26 Å². The molecule has 0 bridgehead atoms. The molecular weight excluding hydrogens is 262 g/mol. The highest BCUT2D eigenvalue weighted by Crippen LogP contribution is 2.02. The summed E-state index contributed by atoms with van der Waals surface area (Å²) < 4.78 is 28.1. The quantitative estimate of drug-likeness (QED) is 0.646. The number of hydrogen-bond acceptors (Lipinski definition) is 2. The molecule has 0 saturated heterocycles. The zero-order valence-electron chi connectivity index (χ0n) is 12.2. The first kappa shape index (κ1) is 18.1. The van der Waals surface area contributed by atoms with E-state index in [1.165, 1.54) is 37.7 Å². The van der Waals surface area contributed by atoms with Gasteiger partial charge in [0.1, 0.15) is 6.54 Å². The summed E-state index contributed by atoms with van der Waals surface area (Å²) in [5.74, 6) is 0. The zero-order valence-corrected chi connectivity index (χ0v) is 13.0. The van der Waals surface area contributed by atoms with Crippen molar-refractivity contribution in [3.8, 4) is 0 Å². The lowest BCUT2D eigenvalue weighted by Gasteiger charge is -1.99. The van der Waals surface area contributed by atoms with E-state index in [1.54, 1.807) is 0 Å². The van der Waals surface area contributed by atoms with Gasteiger partial charge in [-0.1, -0.05) is 26.7 Å². The molecule has 1 aromatic heterocycles. The Morgan fingerprint density at radius 2 is 1.58 bits per heavy atom. The molecule has 0 unspecified atom stereocenters. The standard InChI is InChI=1S/C13H22N.CH4O3S/c1-3-5-7-13-8-11-14(12-9-13)10-6-4-2;1-5(2,3)4/h8-9,11-12H,3-7,10H2,1-2H3;1H3,(H,2,3,4)/q+1;. The van der Waals surface area contributed by atoms with Crippen molar-refractivity contribution in [1.29, 1.82) is 0 Å². The van der Waals surface area contributed by atoms with E-state index in [0.717, 1.165) is 6.54 Å². The monoisotopic (exact) mass is 288 g/mol. The second kappa shape index (κ2) is 9.92. The molecule has 4 nitrogen and oxygen atoms in total. The summed E-state index contributed by atoms with van der Waals surface area (Å²) in [5, 5.41) is 0. The second-order valence-corrected chi connectivity index (χ2v) is 6.10. The molecule has 19 heavy (non-hydrogen) atoms. The highest BCUT2D eigenvalue weighted by molar-refractivity contribution is 7.85. The van der Waals surface area contributed by atoms with Crippen LogP contribution in [0.25, 0.3) is 0 Å². The largest absolute Gasteiger partial charge is 0.286 e. The van der Waals surface area contributed by atoms with Crippen molar-refractivity contribution in [3.05, 3.63) is 30.1 Å². The molecule has 5 heteroatoms. The number of nitrogens with zero attached hydrogens (tertiary/aromatic N) is 1. The van der Waals surface area contributed by atoms with Gasteiger partial charge < -0.3 is 0 Å². The molecule has 0 aliphatic heterocycles. The van der Waals surface area contributed by atoms with Crippen LogP contribution < -0.4 is 4.57 Å². The number of unbranched alkanes of at least 4 members (excludes halogenated alkanes) is 2. The number of aryl methyl sites for hydroxylation is 2. The van der Waals surface area contributed by atoms with E-state index in [9.17, 15) is 8.42 Å². The van der Waals surface area contributed by atoms with E-state index in [0.29, 0.717) is 6.26 Å². The lowest BCUT2D eigenvalue weighted by atomic mass is 10.1. The van der Waals surface area contributed by atoms with Gasteiger partial charge in [-0.3, -0.25) is 4.55 Å². The summed E-state index contributed by atoms with van der Waals surface area (Å²) in [4.78, 5) is 0. The van der Waals surface area contributed by atoms with Crippen molar-refractivity contribution >= 4 is 10.1 Å². The van der Waals surface area contributed by atoms with Crippen LogP contribution in [-0.2, 0) is 23.1 Å². The van der Waals surface area contributed by atoms with Gasteiger partial charge in [-0.25, -0.2) is 4.57 Å². The first-order valence-corrected chi connectivity index (χ1v) is 8.62. The van der Waals surface area contributed by atoms with Crippen molar-refractivity contribution in [2.24, 2.45) is 0 Å². The van der Waals surface area contributed by atoms with E-state index in [-0.39, 0.29) is 0 Å². The van der Waals surface area contributed by atoms with Crippen molar-refractivity contribution in [2.45, 2.75) is 52.5 Å². The first-order chi connectivity index (χ1) is 8.86. The molecule has 1 N–H and O–H groups in total. The number of hydrogen-bond donors (Lipinski definition) is 1. The topological polar surface area (TPSA) is 58.2 Å². The molecule has 1 heterocycles. The Hall–Kier alpha value is -0.940. The normalized spacial score (nSPS) is 10.7. The minimum atomic E-state index is -3.67. The summed E-state index contributed by atoms with van der Waals surface area (Å²) in [6.07, 6.45) is 11.5. The van der Waals surface area contributed by atoms with Crippen LogP contribution in [0.1, 0.15) is 45.1 Å². The maximum absolute atomic E-state index is 9.19. The summed E-state index contributed by atoms with van der Waals surface area (Å²) in [5.41, 5.74) is 1.47. The van der Waals surface area contributed by atoms with E-state index in [1.807, 2.05) is 0 Å². The van der Waals surface area contributed by atoms with Gasteiger partial charge in [-0.05, 0) is 18.4 Å². The Bertz CT molecular complexity index is 392. The molecule has 110 valence electrons. The molecule has 0 amide bonds. The molecule has 0 aliphatic carbocycles. The summed E-state index contributed by atoms with van der Waals surface area (Å²) in [6, 6.07) is 4.51. The average molecular weight is 288 g/mol. The summed E-state index contributed by atoms with van der Waals surface area (Å²) in [6.45, 7) is 5.63. The van der Waals surface area contributed by atoms with Crippen LogP contribution in [-0.4, -0.2) is 19.2 Å². The molecule has 0 saturated carbocycles. The molecule has 0 fully saturated rings. The minimum Gasteiger partial charge on any atom is -0.286 e. The number of pyridine rings is 1. The fourth-order valence-corrected chi connectivity index (χ4v) is 1.53. The van der Waals surface area contributed by atoms with Crippen LogP contribution in [0.3, 0.4) is 0 Å². The van der Waals surface area contributed by atoms with Gasteiger partial charge in [-0.2, -0.15) is 8.42 Å². The average Bonchev–Trinajstić information content (AvgIpc) is 2.33. The molecule has 0 atom stereocenters. The van der Waals surface area contributed by atoms with Gasteiger partial charge in [0.2, 0.25) is 0 Å². The van der Waals surface area contributed by atoms with E-state index < -0.39 is 10.1 Å². The van der Waals surface area contributed by atoms with Gasteiger partial charge in [0.15, 0.2) is 12.4 Å². The van der Waals surface area contributed by atoms with Crippen molar-refractivity contribution < 1.29 is 17.5 Å². The fraction of sp³-hybridized carbons (Fsp3) is 0.643. The third-order valence-electron chi connectivity index (χ3n) is 2.55. The summed E-state index contributed by atoms with van der Waals surface area (Å²) >= 11 is 0. The third-order valence-corrected chi connectivity index (χ3v) is 2.55. The maximum atomic E-state index is 9.19. The van der Waals surface area contributed by atoms with Crippen molar-refractivity contribution in [2.75, 3.05) is 6.26 Å². The van der Waals surface area contributed by atoms with Crippen LogP contribution in [0.4, 0.5) is 0 Å². The van der Waals surface area contributed by atoms with E-state index in [2.05, 4.69) is 42.9 Å².